The van der Waals surface area contributed by atoms with E-state index in [1.54, 1.807) is 0 Å². The van der Waals surface area contributed by atoms with Crippen molar-refractivity contribution in [2.45, 2.75) is 51.0 Å². The molecule has 164 valence electrons. The van der Waals surface area contributed by atoms with Crippen molar-refractivity contribution in [2.24, 2.45) is 5.92 Å². The van der Waals surface area contributed by atoms with Gasteiger partial charge in [-0.05, 0) is 68.2 Å². The van der Waals surface area contributed by atoms with Crippen molar-refractivity contribution in [3.8, 4) is 5.75 Å². The molecule has 0 aromatic heterocycles. The van der Waals surface area contributed by atoms with E-state index in [2.05, 4.69) is 54.2 Å². The average molecular weight is 431 g/mol. The molecule has 1 unspecified atom stereocenters. The van der Waals surface area contributed by atoms with Crippen LogP contribution in [0.25, 0.3) is 10.8 Å². The van der Waals surface area contributed by atoms with Gasteiger partial charge in [0.2, 0.25) is 5.91 Å². The highest BCUT2D eigenvalue weighted by molar-refractivity contribution is 5.86. The number of carbonyl (C=O) groups is 1. The zero-order chi connectivity index (χ0) is 20.2. The van der Waals surface area contributed by atoms with E-state index < -0.39 is 0 Å². The first-order valence-electron chi connectivity index (χ1n) is 11.2. The lowest BCUT2D eigenvalue weighted by Gasteiger charge is -2.31. The molecule has 0 bridgehead atoms. The molecule has 1 atom stereocenters. The molecule has 0 spiro atoms. The van der Waals surface area contributed by atoms with E-state index in [0.29, 0.717) is 18.6 Å². The third kappa shape index (κ3) is 5.47. The smallest absolute Gasteiger partial charge is 0.226 e. The van der Waals surface area contributed by atoms with Gasteiger partial charge in [-0.3, -0.25) is 4.79 Å². The lowest BCUT2D eigenvalue weighted by molar-refractivity contribution is -0.133. The molecule has 2 aliphatic rings. The number of benzene rings is 2. The molecular weight excluding hydrogens is 396 g/mol. The molecule has 2 aromatic rings. The van der Waals surface area contributed by atoms with Crippen molar-refractivity contribution in [2.75, 3.05) is 33.8 Å². The van der Waals surface area contributed by atoms with Gasteiger partial charge < -0.3 is 14.5 Å². The van der Waals surface area contributed by atoms with Crippen LogP contribution in [0.15, 0.2) is 36.4 Å². The Morgan fingerprint density at radius 1 is 1.00 bits per heavy atom. The highest BCUT2D eigenvalue weighted by Gasteiger charge is 2.36. The summed E-state index contributed by atoms with van der Waals surface area (Å²) in [5.41, 5.74) is 1.27. The van der Waals surface area contributed by atoms with E-state index in [0.717, 1.165) is 31.7 Å². The van der Waals surface area contributed by atoms with E-state index in [9.17, 15) is 4.79 Å². The maximum atomic E-state index is 13.0. The van der Waals surface area contributed by atoms with Gasteiger partial charge in [0.15, 0.2) is 0 Å². The lowest BCUT2D eigenvalue weighted by atomic mass is 9.93. The quantitative estimate of drug-likeness (QED) is 0.624. The number of ether oxygens (including phenoxy) is 1. The first kappa shape index (κ1) is 22.9. The third-order valence-corrected chi connectivity index (χ3v) is 6.53. The van der Waals surface area contributed by atoms with E-state index in [1.807, 2.05) is 6.07 Å². The summed E-state index contributed by atoms with van der Waals surface area (Å²) in [5.74, 6) is 1.46. The highest BCUT2D eigenvalue weighted by atomic mass is 35.5. The third-order valence-electron chi connectivity index (χ3n) is 6.53. The van der Waals surface area contributed by atoms with Crippen LogP contribution in [0.4, 0.5) is 0 Å². The molecule has 1 saturated heterocycles. The van der Waals surface area contributed by atoms with Gasteiger partial charge in [-0.25, -0.2) is 0 Å². The molecule has 1 saturated carbocycles. The molecule has 2 aromatic carbocycles. The van der Waals surface area contributed by atoms with Crippen LogP contribution < -0.4 is 4.74 Å². The Kier molecular flexibility index (Phi) is 8.01. The number of likely N-dealkylation sites (tertiary alicyclic amines) is 1. The number of amides is 1. The SMILES string of the molecule is CN(C)CCOc1ccc2cc(CC3CCN(C4CCCCC4)C3=O)ccc2c1.Cl. The first-order valence-corrected chi connectivity index (χ1v) is 11.2. The van der Waals surface area contributed by atoms with Crippen molar-refractivity contribution in [3.05, 3.63) is 42.0 Å². The molecule has 1 amide bonds. The van der Waals surface area contributed by atoms with E-state index >= 15 is 0 Å². The maximum absolute atomic E-state index is 13.0. The number of halogens is 1. The Labute approximate surface area is 187 Å². The van der Waals surface area contributed by atoms with Gasteiger partial charge >= 0.3 is 0 Å². The highest BCUT2D eigenvalue weighted by Crippen LogP contribution is 2.31. The largest absolute Gasteiger partial charge is 0.492 e. The predicted octanol–water partition coefficient (Wildman–Crippen LogP) is 4.93. The molecular formula is C25H35ClN2O2. The molecule has 5 heteroatoms. The second kappa shape index (κ2) is 10.5. The summed E-state index contributed by atoms with van der Waals surface area (Å²) in [7, 11) is 4.10. The van der Waals surface area contributed by atoms with Crippen molar-refractivity contribution in [1.82, 2.24) is 9.80 Å². The van der Waals surface area contributed by atoms with E-state index in [-0.39, 0.29) is 18.3 Å². The van der Waals surface area contributed by atoms with Crippen molar-refractivity contribution >= 4 is 29.1 Å². The number of carbonyl (C=O) groups excluding carboxylic acids is 1. The molecule has 30 heavy (non-hydrogen) atoms. The Balaban J connectivity index is 0.00000256. The summed E-state index contributed by atoms with van der Waals surface area (Å²) in [6.07, 6.45) is 8.17. The van der Waals surface area contributed by atoms with Gasteiger partial charge in [-0.1, -0.05) is 43.5 Å². The molecule has 1 aliphatic heterocycles. The first-order chi connectivity index (χ1) is 14.1. The molecule has 0 radical (unpaired) electrons. The topological polar surface area (TPSA) is 32.8 Å². The number of nitrogens with zero attached hydrogens (tertiary/aromatic N) is 2. The molecule has 1 heterocycles. The van der Waals surface area contributed by atoms with Gasteiger partial charge in [-0.15, -0.1) is 12.4 Å². The van der Waals surface area contributed by atoms with Crippen molar-refractivity contribution in [1.29, 1.82) is 0 Å². The molecule has 4 nitrogen and oxygen atoms in total. The summed E-state index contributed by atoms with van der Waals surface area (Å²) in [6, 6.07) is 13.4. The number of rotatable bonds is 7. The van der Waals surface area contributed by atoms with Crippen molar-refractivity contribution in [3.63, 3.8) is 0 Å². The minimum absolute atomic E-state index is 0. The standard InChI is InChI=1S/C25H34N2O2.ClH/c1-26(2)14-15-29-24-11-10-20-16-19(8-9-21(20)18-24)17-22-12-13-27(25(22)28)23-6-4-3-5-7-23;/h8-11,16,18,22-23H,3-7,12-15,17H2,1-2H3;1H. The predicted molar refractivity (Wildman–Crippen MR) is 126 cm³/mol. The van der Waals surface area contributed by atoms with Crippen LogP contribution in [0.5, 0.6) is 5.75 Å². The molecule has 1 aliphatic carbocycles. The normalized spacial score (nSPS) is 20.0. The van der Waals surface area contributed by atoms with Crippen LogP contribution in [0.2, 0.25) is 0 Å². The average Bonchev–Trinajstić information content (AvgIpc) is 3.08. The Morgan fingerprint density at radius 2 is 1.73 bits per heavy atom. The summed E-state index contributed by atoms with van der Waals surface area (Å²) in [4.78, 5) is 17.3. The van der Waals surface area contributed by atoms with Gasteiger partial charge in [0, 0.05) is 25.0 Å². The summed E-state index contributed by atoms with van der Waals surface area (Å²) >= 11 is 0. The zero-order valence-electron chi connectivity index (χ0n) is 18.3. The van der Waals surface area contributed by atoms with Gasteiger partial charge in [0.25, 0.3) is 0 Å². The van der Waals surface area contributed by atoms with Crippen LogP contribution >= 0.6 is 12.4 Å². The second-order valence-electron chi connectivity index (χ2n) is 9.01. The fourth-order valence-corrected chi connectivity index (χ4v) is 4.83. The minimum Gasteiger partial charge on any atom is -0.492 e. The van der Waals surface area contributed by atoms with E-state index in [4.69, 9.17) is 4.74 Å². The van der Waals surface area contributed by atoms with Crippen LogP contribution in [-0.2, 0) is 11.2 Å². The molecule has 2 fully saturated rings. The van der Waals surface area contributed by atoms with Crippen LogP contribution in [-0.4, -0.2) is 55.5 Å². The fraction of sp³-hybridized carbons (Fsp3) is 0.560. The second-order valence-corrected chi connectivity index (χ2v) is 9.01. The zero-order valence-corrected chi connectivity index (χ0v) is 19.1. The summed E-state index contributed by atoms with van der Waals surface area (Å²) < 4.78 is 5.85. The Bertz CT molecular complexity index is 848. The van der Waals surface area contributed by atoms with Crippen LogP contribution in [0.3, 0.4) is 0 Å². The number of fused-ring (bicyclic) bond motifs is 1. The van der Waals surface area contributed by atoms with E-state index in [1.165, 1.54) is 48.4 Å². The summed E-state index contributed by atoms with van der Waals surface area (Å²) in [5, 5.41) is 2.41. The monoisotopic (exact) mass is 430 g/mol. The van der Waals surface area contributed by atoms with Gasteiger partial charge in [-0.2, -0.15) is 0 Å². The van der Waals surface area contributed by atoms with Gasteiger partial charge in [0.1, 0.15) is 12.4 Å². The molecule has 4 rings (SSSR count). The van der Waals surface area contributed by atoms with Crippen molar-refractivity contribution < 1.29 is 9.53 Å². The molecule has 0 N–H and O–H groups in total. The Morgan fingerprint density at radius 3 is 2.50 bits per heavy atom. The minimum atomic E-state index is 0. The van der Waals surface area contributed by atoms with Crippen LogP contribution in [0.1, 0.15) is 44.1 Å². The Hall–Kier alpha value is -1.78. The maximum Gasteiger partial charge on any atom is 0.226 e. The van der Waals surface area contributed by atoms with Crippen LogP contribution in [0, 0.1) is 5.92 Å². The van der Waals surface area contributed by atoms with Gasteiger partial charge in [0.05, 0.1) is 0 Å². The number of hydrogen-bond acceptors (Lipinski definition) is 3. The summed E-state index contributed by atoms with van der Waals surface area (Å²) in [6.45, 7) is 2.55. The number of hydrogen-bond donors (Lipinski definition) is 0. The fourth-order valence-electron chi connectivity index (χ4n) is 4.83. The lowest BCUT2D eigenvalue weighted by Crippen LogP contribution is -2.39. The number of likely N-dealkylation sites (N-methyl/N-ethyl adjacent to an activating group) is 1.